The van der Waals surface area contributed by atoms with Crippen LogP contribution in [-0.4, -0.2) is 23.3 Å². The number of nitrogens with one attached hydrogen (secondary N) is 1. The average molecular weight is 341 g/mol. The minimum absolute atomic E-state index is 0.0583. The Bertz CT molecular complexity index is 797. The van der Waals surface area contributed by atoms with Gasteiger partial charge in [-0.05, 0) is 30.7 Å². The molecular formula is C19H17ClN2O2. The number of nitrogens with zero attached hydrogens (tertiary/aromatic N) is 1. The molecule has 1 N–H and O–H groups in total. The lowest BCUT2D eigenvalue weighted by molar-refractivity contribution is -0.121. The zero-order valence-corrected chi connectivity index (χ0v) is 14.0. The van der Waals surface area contributed by atoms with E-state index in [1.165, 1.54) is 4.90 Å². The molecule has 2 aromatic carbocycles. The highest BCUT2D eigenvalue weighted by Crippen LogP contribution is 2.30. The highest BCUT2D eigenvalue weighted by atomic mass is 35.5. The molecule has 5 heteroatoms. The van der Waals surface area contributed by atoms with E-state index in [4.69, 9.17) is 11.6 Å². The van der Waals surface area contributed by atoms with Crippen molar-refractivity contribution in [3.63, 3.8) is 0 Å². The number of carbonyl (C=O) groups excluding carboxylic acids is 2. The fourth-order valence-electron chi connectivity index (χ4n) is 2.79. The number of amides is 2. The highest BCUT2D eigenvalue weighted by Gasteiger charge is 2.32. The molecule has 3 rings (SSSR count). The summed E-state index contributed by atoms with van der Waals surface area (Å²) in [5, 5.41) is 3.50. The molecule has 1 heterocycles. The first-order chi connectivity index (χ1) is 11.5. The number of hydrogen-bond acceptors (Lipinski definition) is 2. The number of benzene rings is 2. The third-order valence-corrected chi connectivity index (χ3v) is 4.30. The Morgan fingerprint density at radius 3 is 2.58 bits per heavy atom. The van der Waals surface area contributed by atoms with Crippen molar-refractivity contribution in [1.29, 1.82) is 0 Å². The Labute approximate surface area is 145 Å². The van der Waals surface area contributed by atoms with Crippen molar-refractivity contribution >= 4 is 29.1 Å². The second-order valence-corrected chi connectivity index (χ2v) is 6.16. The summed E-state index contributed by atoms with van der Waals surface area (Å²) < 4.78 is 0. The summed E-state index contributed by atoms with van der Waals surface area (Å²) in [6.45, 7) is 5.75. The van der Waals surface area contributed by atoms with E-state index in [1.807, 2.05) is 37.3 Å². The van der Waals surface area contributed by atoms with Crippen molar-refractivity contribution in [2.75, 3.05) is 6.54 Å². The van der Waals surface area contributed by atoms with Crippen molar-refractivity contribution in [1.82, 2.24) is 10.2 Å². The molecule has 0 spiro atoms. The van der Waals surface area contributed by atoms with Gasteiger partial charge in [0.15, 0.2) is 0 Å². The monoisotopic (exact) mass is 340 g/mol. The van der Waals surface area contributed by atoms with Crippen LogP contribution in [0, 0.1) is 0 Å². The molecule has 4 nitrogen and oxygen atoms in total. The van der Waals surface area contributed by atoms with Gasteiger partial charge in [0.05, 0.1) is 6.04 Å². The summed E-state index contributed by atoms with van der Waals surface area (Å²) in [7, 11) is 0. The summed E-state index contributed by atoms with van der Waals surface area (Å²) in [5.74, 6) is -0.439. The lowest BCUT2D eigenvalue weighted by Gasteiger charge is -2.20. The van der Waals surface area contributed by atoms with Crippen LogP contribution in [0.4, 0.5) is 0 Å². The topological polar surface area (TPSA) is 49.4 Å². The van der Waals surface area contributed by atoms with Gasteiger partial charge in [0, 0.05) is 21.8 Å². The van der Waals surface area contributed by atoms with Gasteiger partial charge < -0.3 is 5.32 Å². The molecule has 2 amide bonds. The average Bonchev–Trinajstić information content (AvgIpc) is 2.80. The largest absolute Gasteiger partial charge is 0.348 e. The number of fused-ring (bicyclic) bond motifs is 1. The zero-order valence-electron chi connectivity index (χ0n) is 13.3. The molecule has 0 aliphatic carbocycles. The molecule has 2 aromatic rings. The number of halogens is 1. The van der Waals surface area contributed by atoms with E-state index in [2.05, 4.69) is 11.9 Å². The van der Waals surface area contributed by atoms with E-state index < -0.39 is 0 Å². The Kier molecular flexibility index (Phi) is 4.40. The molecule has 1 aliphatic rings. The number of rotatable bonds is 4. The third-order valence-electron chi connectivity index (χ3n) is 4.07. The Morgan fingerprint density at radius 2 is 1.92 bits per heavy atom. The molecule has 0 radical (unpaired) electrons. The van der Waals surface area contributed by atoms with Gasteiger partial charge in [0.25, 0.3) is 5.91 Å². The van der Waals surface area contributed by atoms with E-state index >= 15 is 0 Å². The van der Waals surface area contributed by atoms with Gasteiger partial charge in [-0.1, -0.05) is 48.5 Å². The molecule has 0 aromatic heterocycles. The maximum Gasteiger partial charge on any atom is 0.259 e. The maximum absolute atomic E-state index is 12.4. The van der Waals surface area contributed by atoms with Crippen LogP contribution in [0.5, 0.6) is 0 Å². The van der Waals surface area contributed by atoms with Crippen molar-refractivity contribution in [2.45, 2.75) is 13.0 Å². The first-order valence-corrected chi connectivity index (χ1v) is 8.00. The van der Waals surface area contributed by atoms with Gasteiger partial charge in [-0.3, -0.25) is 14.5 Å². The molecule has 1 aliphatic heterocycles. The molecule has 122 valence electrons. The lowest BCUT2D eigenvalue weighted by Crippen LogP contribution is -2.37. The fraction of sp³-hybridized carbons (Fsp3) is 0.158. The molecular weight excluding hydrogens is 324 g/mol. The van der Waals surface area contributed by atoms with Crippen molar-refractivity contribution in [3.05, 3.63) is 76.8 Å². The quantitative estimate of drug-likeness (QED) is 0.923. The molecule has 0 saturated heterocycles. The number of hydrogen-bond donors (Lipinski definition) is 1. The number of carbonyl (C=O) groups is 2. The summed E-state index contributed by atoms with van der Waals surface area (Å²) in [4.78, 5) is 26.1. The molecule has 24 heavy (non-hydrogen) atoms. The van der Waals surface area contributed by atoms with E-state index in [9.17, 15) is 9.59 Å². The lowest BCUT2D eigenvalue weighted by atomic mass is 10.1. The normalized spacial score (nSPS) is 14.5. The van der Waals surface area contributed by atoms with E-state index in [0.717, 1.165) is 11.1 Å². The maximum atomic E-state index is 12.4. The van der Waals surface area contributed by atoms with Crippen LogP contribution < -0.4 is 5.32 Å². The minimum Gasteiger partial charge on any atom is -0.348 e. The first-order valence-electron chi connectivity index (χ1n) is 7.62. The molecule has 1 unspecified atom stereocenters. The Morgan fingerprint density at radius 1 is 1.21 bits per heavy atom. The second-order valence-electron chi connectivity index (χ2n) is 5.73. The van der Waals surface area contributed by atoms with Crippen molar-refractivity contribution < 1.29 is 9.59 Å². The van der Waals surface area contributed by atoms with E-state index in [-0.39, 0.29) is 24.4 Å². The predicted molar refractivity (Wildman–Crippen MR) is 94.5 cm³/mol. The highest BCUT2D eigenvalue weighted by molar-refractivity contribution is 6.30. The van der Waals surface area contributed by atoms with Crippen LogP contribution in [0.2, 0.25) is 5.02 Å². The Hall–Kier alpha value is -2.59. The van der Waals surface area contributed by atoms with E-state index in [0.29, 0.717) is 16.3 Å². The summed E-state index contributed by atoms with van der Waals surface area (Å²) in [6.07, 6.45) is 0. The second kappa shape index (κ2) is 6.49. The summed E-state index contributed by atoms with van der Waals surface area (Å²) in [6, 6.07) is 14.3. The SMILES string of the molecule is C=C1c2ccccc2C(=O)N1CC(=O)NC(C)c1cccc(Cl)c1. The summed E-state index contributed by atoms with van der Waals surface area (Å²) in [5.41, 5.74) is 2.82. The van der Waals surface area contributed by atoms with Gasteiger partial charge in [-0.25, -0.2) is 0 Å². The van der Waals surface area contributed by atoms with Gasteiger partial charge >= 0.3 is 0 Å². The van der Waals surface area contributed by atoms with Gasteiger partial charge in [0.1, 0.15) is 6.54 Å². The van der Waals surface area contributed by atoms with Crippen LogP contribution in [0.1, 0.15) is 34.5 Å². The molecule has 0 bridgehead atoms. The Balaban J connectivity index is 1.68. The van der Waals surface area contributed by atoms with Gasteiger partial charge in [0.2, 0.25) is 5.91 Å². The van der Waals surface area contributed by atoms with Crippen LogP contribution in [0.25, 0.3) is 5.70 Å². The van der Waals surface area contributed by atoms with Crippen LogP contribution >= 0.6 is 11.6 Å². The fourth-order valence-corrected chi connectivity index (χ4v) is 2.99. The smallest absolute Gasteiger partial charge is 0.259 e. The van der Waals surface area contributed by atoms with Gasteiger partial charge in [-0.2, -0.15) is 0 Å². The summed E-state index contributed by atoms with van der Waals surface area (Å²) >= 11 is 5.98. The first kappa shape index (κ1) is 16.3. The standard InChI is InChI=1S/C19H17ClN2O2/c1-12(14-6-5-7-15(20)10-14)21-18(23)11-22-13(2)16-8-3-4-9-17(16)19(22)24/h3-10,12H,2,11H2,1H3,(H,21,23). The third kappa shape index (κ3) is 3.05. The minimum atomic E-state index is -0.246. The molecule has 0 fully saturated rings. The van der Waals surface area contributed by atoms with Crippen LogP contribution in [-0.2, 0) is 4.79 Å². The van der Waals surface area contributed by atoms with Crippen LogP contribution in [0.3, 0.4) is 0 Å². The van der Waals surface area contributed by atoms with Gasteiger partial charge in [-0.15, -0.1) is 0 Å². The molecule has 1 atom stereocenters. The molecule has 0 saturated carbocycles. The van der Waals surface area contributed by atoms with Crippen molar-refractivity contribution in [3.8, 4) is 0 Å². The van der Waals surface area contributed by atoms with Crippen LogP contribution in [0.15, 0.2) is 55.1 Å². The van der Waals surface area contributed by atoms with Crippen molar-refractivity contribution in [2.24, 2.45) is 0 Å². The predicted octanol–water partition coefficient (Wildman–Crippen LogP) is 3.64. The van der Waals surface area contributed by atoms with E-state index in [1.54, 1.807) is 18.2 Å². The zero-order chi connectivity index (χ0) is 17.3.